The summed E-state index contributed by atoms with van der Waals surface area (Å²) in [7, 11) is -3.70. The minimum absolute atomic E-state index is 0.0702. The Bertz CT molecular complexity index is 676. The molecule has 0 aliphatic carbocycles. The number of sulfonamides is 1. The maximum atomic E-state index is 11.9. The number of carboxylic acids is 1. The number of hydrogen-bond donors (Lipinski definition) is 2. The SMILES string of the molecule is O=C(O)Cn1cc(S(=O)(=O)NCCn2cccn2)cn1. The molecule has 2 N–H and O–H groups in total. The lowest BCUT2D eigenvalue weighted by Crippen LogP contribution is -2.27. The van der Waals surface area contributed by atoms with Crippen molar-refractivity contribution in [2.75, 3.05) is 6.54 Å². The van der Waals surface area contributed by atoms with Gasteiger partial charge in [-0.25, -0.2) is 13.1 Å². The summed E-state index contributed by atoms with van der Waals surface area (Å²) in [6.45, 7) is 0.187. The molecule has 2 aromatic rings. The van der Waals surface area contributed by atoms with Gasteiger partial charge in [0.15, 0.2) is 0 Å². The van der Waals surface area contributed by atoms with E-state index in [9.17, 15) is 13.2 Å². The van der Waals surface area contributed by atoms with Gasteiger partial charge in [-0.15, -0.1) is 0 Å². The predicted octanol–water partition coefficient (Wildman–Crippen LogP) is -0.857. The first kappa shape index (κ1) is 14.2. The smallest absolute Gasteiger partial charge is 0.325 e. The summed E-state index contributed by atoms with van der Waals surface area (Å²) in [5.41, 5.74) is 0. The Labute approximate surface area is 114 Å². The van der Waals surface area contributed by atoms with E-state index in [1.807, 2.05) is 0 Å². The average molecular weight is 299 g/mol. The van der Waals surface area contributed by atoms with Crippen LogP contribution in [0, 0.1) is 0 Å². The van der Waals surface area contributed by atoms with E-state index in [1.54, 1.807) is 23.1 Å². The van der Waals surface area contributed by atoms with Crippen molar-refractivity contribution in [2.24, 2.45) is 0 Å². The summed E-state index contributed by atoms with van der Waals surface area (Å²) in [4.78, 5) is 10.4. The Kier molecular flexibility index (Phi) is 4.15. The van der Waals surface area contributed by atoms with Crippen LogP contribution < -0.4 is 4.72 Å². The topological polar surface area (TPSA) is 119 Å². The minimum atomic E-state index is -3.70. The second kappa shape index (κ2) is 5.84. The van der Waals surface area contributed by atoms with Gasteiger partial charge in [0, 0.05) is 25.1 Å². The molecule has 2 heterocycles. The normalized spacial score (nSPS) is 11.6. The lowest BCUT2D eigenvalue weighted by molar-refractivity contribution is -0.137. The molecule has 0 bridgehead atoms. The van der Waals surface area contributed by atoms with Crippen LogP contribution in [0.2, 0.25) is 0 Å². The van der Waals surface area contributed by atoms with E-state index in [2.05, 4.69) is 14.9 Å². The number of nitrogens with zero attached hydrogens (tertiary/aromatic N) is 4. The van der Waals surface area contributed by atoms with Crippen LogP contribution in [0.1, 0.15) is 0 Å². The van der Waals surface area contributed by atoms with Gasteiger partial charge >= 0.3 is 5.97 Å². The number of carbonyl (C=O) groups is 1. The highest BCUT2D eigenvalue weighted by Gasteiger charge is 2.16. The van der Waals surface area contributed by atoms with Gasteiger partial charge in [0.25, 0.3) is 0 Å². The summed E-state index contributed by atoms with van der Waals surface area (Å²) >= 11 is 0. The number of rotatable bonds is 7. The van der Waals surface area contributed by atoms with Crippen LogP contribution in [-0.4, -0.2) is 45.6 Å². The van der Waals surface area contributed by atoms with Crippen molar-refractivity contribution in [1.82, 2.24) is 24.3 Å². The second-order valence-corrected chi connectivity index (χ2v) is 5.70. The average Bonchev–Trinajstić information content (AvgIpc) is 2.99. The zero-order valence-corrected chi connectivity index (χ0v) is 11.2. The zero-order chi connectivity index (χ0) is 14.6. The highest BCUT2D eigenvalue weighted by atomic mass is 32.2. The molecule has 9 nitrogen and oxygen atoms in total. The zero-order valence-electron chi connectivity index (χ0n) is 10.4. The third-order valence-corrected chi connectivity index (χ3v) is 3.82. The quantitative estimate of drug-likeness (QED) is 0.687. The lowest BCUT2D eigenvalue weighted by Gasteiger charge is -2.04. The van der Waals surface area contributed by atoms with Gasteiger partial charge in [-0.3, -0.25) is 14.2 Å². The summed E-state index contributed by atoms with van der Waals surface area (Å²) in [6, 6.07) is 1.74. The number of hydrogen-bond acceptors (Lipinski definition) is 5. The molecule has 2 aromatic heterocycles. The monoisotopic (exact) mass is 299 g/mol. The largest absolute Gasteiger partial charge is 0.480 e. The first-order valence-electron chi connectivity index (χ1n) is 5.69. The summed E-state index contributed by atoms with van der Waals surface area (Å²) in [6.07, 6.45) is 5.60. The van der Waals surface area contributed by atoms with Crippen LogP contribution in [0.3, 0.4) is 0 Å². The van der Waals surface area contributed by atoms with Crippen LogP contribution in [-0.2, 0) is 27.9 Å². The van der Waals surface area contributed by atoms with Gasteiger partial charge in [-0.1, -0.05) is 0 Å². The maximum absolute atomic E-state index is 11.9. The van der Waals surface area contributed by atoms with Gasteiger partial charge in [-0.2, -0.15) is 10.2 Å². The van der Waals surface area contributed by atoms with Crippen molar-refractivity contribution < 1.29 is 18.3 Å². The van der Waals surface area contributed by atoms with E-state index in [-0.39, 0.29) is 18.0 Å². The third kappa shape index (κ3) is 3.65. The van der Waals surface area contributed by atoms with Gasteiger partial charge in [0.2, 0.25) is 10.0 Å². The Morgan fingerprint density at radius 3 is 2.80 bits per heavy atom. The molecular weight excluding hydrogens is 286 g/mol. The Morgan fingerprint density at radius 1 is 1.35 bits per heavy atom. The van der Waals surface area contributed by atoms with Gasteiger partial charge in [-0.05, 0) is 6.07 Å². The Balaban J connectivity index is 1.95. The fraction of sp³-hybridized carbons (Fsp3) is 0.300. The van der Waals surface area contributed by atoms with Crippen molar-refractivity contribution in [3.63, 3.8) is 0 Å². The standard InChI is InChI=1S/C10H13N5O4S/c16-10(17)8-15-7-9(6-12-15)20(18,19)13-3-5-14-4-1-2-11-14/h1-2,4,6-7,13H,3,5,8H2,(H,16,17). The first-order valence-corrected chi connectivity index (χ1v) is 7.17. The van der Waals surface area contributed by atoms with Crippen molar-refractivity contribution >= 4 is 16.0 Å². The molecule has 0 unspecified atom stereocenters. The van der Waals surface area contributed by atoms with Crippen LogP contribution >= 0.6 is 0 Å². The minimum Gasteiger partial charge on any atom is -0.480 e. The number of aromatic nitrogens is 4. The molecule has 0 radical (unpaired) electrons. The van der Waals surface area contributed by atoms with E-state index < -0.39 is 16.0 Å². The Morgan fingerprint density at radius 2 is 2.15 bits per heavy atom. The van der Waals surface area contributed by atoms with Gasteiger partial charge < -0.3 is 5.11 Å². The molecule has 0 aromatic carbocycles. The fourth-order valence-corrected chi connectivity index (χ4v) is 2.49. The lowest BCUT2D eigenvalue weighted by atomic mass is 10.6. The van der Waals surface area contributed by atoms with Crippen LogP contribution in [0.25, 0.3) is 0 Å². The predicted molar refractivity (Wildman–Crippen MR) is 67.3 cm³/mol. The van der Waals surface area contributed by atoms with E-state index in [0.717, 1.165) is 10.9 Å². The van der Waals surface area contributed by atoms with Crippen LogP contribution in [0.4, 0.5) is 0 Å². The van der Waals surface area contributed by atoms with Crippen molar-refractivity contribution in [3.8, 4) is 0 Å². The molecule has 10 heteroatoms. The van der Waals surface area contributed by atoms with Crippen molar-refractivity contribution in [3.05, 3.63) is 30.9 Å². The summed E-state index contributed by atoms with van der Waals surface area (Å²) in [5.74, 6) is -1.09. The van der Waals surface area contributed by atoms with E-state index in [0.29, 0.717) is 6.54 Å². The number of carboxylic acid groups (broad SMARTS) is 1. The molecule has 0 aliphatic rings. The molecule has 0 saturated heterocycles. The molecule has 0 fully saturated rings. The highest BCUT2D eigenvalue weighted by molar-refractivity contribution is 7.89. The van der Waals surface area contributed by atoms with Gasteiger partial charge in [0.05, 0.1) is 12.7 Å². The van der Waals surface area contributed by atoms with Crippen molar-refractivity contribution in [1.29, 1.82) is 0 Å². The molecule has 20 heavy (non-hydrogen) atoms. The fourth-order valence-electron chi connectivity index (χ4n) is 1.52. The third-order valence-electron chi connectivity index (χ3n) is 2.41. The molecule has 2 rings (SSSR count). The highest BCUT2D eigenvalue weighted by Crippen LogP contribution is 2.06. The van der Waals surface area contributed by atoms with Crippen molar-refractivity contribution in [2.45, 2.75) is 18.0 Å². The van der Waals surface area contributed by atoms with E-state index in [4.69, 9.17) is 5.11 Å². The first-order chi connectivity index (χ1) is 9.47. The van der Waals surface area contributed by atoms with Crippen LogP contribution in [0.15, 0.2) is 35.7 Å². The molecule has 0 spiro atoms. The maximum Gasteiger partial charge on any atom is 0.325 e. The number of nitrogens with one attached hydrogen (secondary N) is 1. The molecule has 0 amide bonds. The second-order valence-electron chi connectivity index (χ2n) is 3.93. The summed E-state index contributed by atoms with van der Waals surface area (Å²) in [5, 5.41) is 16.2. The molecular formula is C10H13N5O4S. The number of aliphatic carboxylic acids is 1. The summed E-state index contributed by atoms with van der Waals surface area (Å²) < 4.78 is 28.9. The molecule has 0 atom stereocenters. The molecule has 0 saturated carbocycles. The van der Waals surface area contributed by atoms with E-state index in [1.165, 1.54) is 6.20 Å². The Hall–Kier alpha value is -2.20. The molecule has 108 valence electrons. The van der Waals surface area contributed by atoms with Gasteiger partial charge in [0.1, 0.15) is 11.4 Å². The molecule has 0 aliphatic heterocycles. The van der Waals surface area contributed by atoms with E-state index >= 15 is 0 Å². The van der Waals surface area contributed by atoms with Crippen LogP contribution in [0.5, 0.6) is 0 Å².